The number of aliphatic imine (C=N–C) groups is 1. The molecule has 2 aliphatic rings. The number of amidine groups is 1. The van der Waals surface area contributed by atoms with Crippen molar-refractivity contribution in [2.75, 3.05) is 18.4 Å². The third-order valence-corrected chi connectivity index (χ3v) is 4.18. The monoisotopic (exact) mass is 295 g/mol. The summed E-state index contributed by atoms with van der Waals surface area (Å²) in [5, 5.41) is 3.85. The van der Waals surface area contributed by atoms with Crippen molar-refractivity contribution >= 4 is 40.9 Å². The zero-order valence-electron chi connectivity index (χ0n) is 10.4. The molecule has 0 spiro atoms. The molecule has 2 aliphatic heterocycles. The molecule has 0 saturated heterocycles. The van der Waals surface area contributed by atoms with Crippen molar-refractivity contribution in [2.24, 2.45) is 4.99 Å². The van der Waals surface area contributed by atoms with Crippen LogP contribution < -0.4 is 5.32 Å². The molecule has 0 atom stereocenters. The number of hydrogen-bond donors (Lipinski definition) is 1. The molecule has 1 aromatic rings. The maximum absolute atomic E-state index is 12.2. The third-order valence-electron chi connectivity index (χ3n) is 2.97. The minimum absolute atomic E-state index is 0. The maximum atomic E-state index is 12.2. The van der Waals surface area contributed by atoms with E-state index in [1.165, 1.54) is 11.8 Å². The summed E-state index contributed by atoms with van der Waals surface area (Å²) >= 11 is 1.46. The van der Waals surface area contributed by atoms with Gasteiger partial charge in [0, 0.05) is 17.9 Å². The number of allylic oxidation sites excluding steroid dienone is 1. The fraction of sp³-hybridized carbons (Fsp3) is 0.231. The molecule has 0 unspecified atom stereocenters. The van der Waals surface area contributed by atoms with Crippen molar-refractivity contribution in [3.63, 3.8) is 0 Å². The number of halogens is 1. The van der Waals surface area contributed by atoms with Gasteiger partial charge >= 0.3 is 0 Å². The normalized spacial score (nSPS) is 16.9. The van der Waals surface area contributed by atoms with Crippen LogP contribution in [0.25, 0.3) is 0 Å². The Bertz CT molecular complexity index is 556. The number of carbonyl (C=O) groups excluding carboxylic acids is 1. The molecule has 0 saturated carbocycles. The number of fused-ring (bicyclic) bond motifs is 1. The number of hydrogen-bond acceptors (Lipinski definition) is 4. The summed E-state index contributed by atoms with van der Waals surface area (Å²) in [6.07, 6.45) is 0. The molecule has 6 heteroatoms. The molecule has 1 amide bonds. The van der Waals surface area contributed by atoms with Gasteiger partial charge in [-0.1, -0.05) is 18.2 Å². The molecule has 100 valence electrons. The summed E-state index contributed by atoms with van der Waals surface area (Å²) in [5.41, 5.74) is 1.82. The molecule has 19 heavy (non-hydrogen) atoms. The van der Waals surface area contributed by atoms with E-state index in [0.29, 0.717) is 0 Å². The molecule has 2 heterocycles. The zero-order valence-corrected chi connectivity index (χ0v) is 12.1. The molecule has 1 N–H and O–H groups in total. The van der Waals surface area contributed by atoms with Gasteiger partial charge in [-0.15, -0.1) is 12.4 Å². The van der Waals surface area contributed by atoms with E-state index in [-0.39, 0.29) is 18.3 Å². The van der Waals surface area contributed by atoms with Gasteiger partial charge in [0.2, 0.25) is 0 Å². The highest BCUT2D eigenvalue weighted by atomic mass is 35.5. The quantitative estimate of drug-likeness (QED) is 0.912. The highest BCUT2D eigenvalue weighted by Crippen LogP contribution is 2.36. The van der Waals surface area contributed by atoms with Crippen LogP contribution in [0.5, 0.6) is 0 Å². The van der Waals surface area contributed by atoms with Gasteiger partial charge in [-0.05, 0) is 30.8 Å². The number of thioether (sulfide) groups is 1. The summed E-state index contributed by atoms with van der Waals surface area (Å²) in [4.78, 5) is 19.4. The molecule has 0 radical (unpaired) electrons. The Morgan fingerprint density at radius 2 is 2.11 bits per heavy atom. The van der Waals surface area contributed by atoms with Gasteiger partial charge < -0.3 is 10.2 Å². The predicted molar refractivity (Wildman–Crippen MR) is 81.6 cm³/mol. The lowest BCUT2D eigenvalue weighted by Crippen LogP contribution is -2.20. The summed E-state index contributed by atoms with van der Waals surface area (Å²) in [7, 11) is 0. The average Bonchev–Trinajstić information content (AvgIpc) is 2.94. The van der Waals surface area contributed by atoms with Gasteiger partial charge in [-0.25, -0.2) is 0 Å². The molecule has 0 aliphatic carbocycles. The van der Waals surface area contributed by atoms with Gasteiger partial charge in [0.05, 0.1) is 11.4 Å². The second-order valence-electron chi connectivity index (χ2n) is 4.15. The lowest BCUT2D eigenvalue weighted by Gasteiger charge is -2.12. The van der Waals surface area contributed by atoms with Crippen LogP contribution in [0, 0.1) is 0 Å². The van der Waals surface area contributed by atoms with Crippen LogP contribution in [0.4, 0.5) is 5.69 Å². The van der Waals surface area contributed by atoms with Gasteiger partial charge in [0.15, 0.2) is 5.17 Å². The van der Waals surface area contributed by atoms with E-state index in [2.05, 4.69) is 15.2 Å². The van der Waals surface area contributed by atoms with Gasteiger partial charge in [-0.3, -0.25) is 9.79 Å². The summed E-state index contributed by atoms with van der Waals surface area (Å²) in [6, 6.07) is 9.50. The molecule has 4 nitrogen and oxygen atoms in total. The summed E-state index contributed by atoms with van der Waals surface area (Å²) in [5.74, 6) is -0.0548. The van der Waals surface area contributed by atoms with E-state index in [1.54, 1.807) is 0 Å². The van der Waals surface area contributed by atoms with Crippen molar-refractivity contribution in [1.29, 1.82) is 0 Å². The van der Waals surface area contributed by atoms with E-state index >= 15 is 0 Å². The van der Waals surface area contributed by atoms with Crippen molar-refractivity contribution < 1.29 is 4.79 Å². The topological polar surface area (TPSA) is 44.7 Å². The van der Waals surface area contributed by atoms with Crippen LogP contribution in [-0.2, 0) is 4.79 Å². The largest absolute Gasteiger partial charge is 0.322 e. The van der Waals surface area contributed by atoms with E-state index < -0.39 is 0 Å². The van der Waals surface area contributed by atoms with Crippen LogP contribution in [0.3, 0.4) is 0 Å². The van der Waals surface area contributed by atoms with E-state index in [0.717, 1.165) is 34.5 Å². The number of amides is 1. The Balaban J connectivity index is 0.00000133. The second kappa shape index (κ2) is 5.67. The van der Waals surface area contributed by atoms with Crippen molar-refractivity contribution in [2.45, 2.75) is 6.92 Å². The fourth-order valence-corrected chi connectivity index (χ4v) is 3.11. The Hall–Kier alpha value is -1.46. The maximum Gasteiger partial charge on any atom is 0.264 e. The number of anilines is 1. The highest BCUT2D eigenvalue weighted by Gasteiger charge is 2.32. The first-order valence-corrected chi connectivity index (χ1v) is 6.64. The van der Waals surface area contributed by atoms with Crippen LogP contribution in [0.15, 0.2) is 45.9 Å². The standard InChI is InChI=1S/C13H13N3OS.ClH/c1-9-11(18-13-14-7-8-16(9)13)12(17)15-10-5-3-2-4-6-10;/h2-6H,7-8H2,1H3,(H,15,17);1H. The van der Waals surface area contributed by atoms with Crippen molar-refractivity contribution in [1.82, 2.24) is 4.90 Å². The number of benzene rings is 1. The Labute approximate surface area is 122 Å². The Morgan fingerprint density at radius 1 is 1.37 bits per heavy atom. The predicted octanol–water partition coefficient (Wildman–Crippen LogP) is 2.70. The fourth-order valence-electron chi connectivity index (χ4n) is 2.03. The number of nitrogens with one attached hydrogen (secondary N) is 1. The number of carbonyl (C=O) groups is 1. The lowest BCUT2D eigenvalue weighted by atomic mass is 10.3. The molecule has 3 rings (SSSR count). The van der Waals surface area contributed by atoms with Crippen LogP contribution in [-0.4, -0.2) is 29.1 Å². The Morgan fingerprint density at radius 3 is 2.79 bits per heavy atom. The smallest absolute Gasteiger partial charge is 0.264 e. The van der Waals surface area contributed by atoms with Crippen molar-refractivity contribution in [3.05, 3.63) is 40.9 Å². The molecule has 0 fully saturated rings. The average molecular weight is 296 g/mol. The highest BCUT2D eigenvalue weighted by molar-refractivity contribution is 8.18. The lowest BCUT2D eigenvalue weighted by molar-refractivity contribution is -0.112. The minimum atomic E-state index is -0.0548. The van der Waals surface area contributed by atoms with Crippen LogP contribution >= 0.6 is 24.2 Å². The number of para-hydroxylation sites is 1. The van der Waals surface area contributed by atoms with E-state index in [1.807, 2.05) is 37.3 Å². The molecule has 0 bridgehead atoms. The van der Waals surface area contributed by atoms with Crippen LogP contribution in [0.1, 0.15) is 6.92 Å². The summed E-state index contributed by atoms with van der Waals surface area (Å²) < 4.78 is 0. The van der Waals surface area contributed by atoms with Gasteiger partial charge in [0.1, 0.15) is 0 Å². The van der Waals surface area contributed by atoms with E-state index in [4.69, 9.17) is 0 Å². The van der Waals surface area contributed by atoms with Crippen LogP contribution in [0.2, 0.25) is 0 Å². The first-order chi connectivity index (χ1) is 8.75. The summed E-state index contributed by atoms with van der Waals surface area (Å²) in [6.45, 7) is 3.68. The molecule has 1 aromatic carbocycles. The first-order valence-electron chi connectivity index (χ1n) is 5.83. The van der Waals surface area contributed by atoms with Gasteiger partial charge in [0.25, 0.3) is 5.91 Å². The number of nitrogens with zero attached hydrogens (tertiary/aromatic N) is 2. The molecular weight excluding hydrogens is 282 g/mol. The second-order valence-corrected chi connectivity index (χ2v) is 5.13. The Kier molecular flexibility index (Phi) is 4.17. The van der Waals surface area contributed by atoms with Crippen molar-refractivity contribution in [3.8, 4) is 0 Å². The zero-order chi connectivity index (χ0) is 12.5. The molecule has 0 aromatic heterocycles. The third kappa shape index (κ3) is 2.62. The van der Waals surface area contributed by atoms with Gasteiger partial charge in [-0.2, -0.15) is 0 Å². The molecular formula is C13H14ClN3OS. The SMILES string of the molecule is CC1=C(C(=O)Nc2ccccc2)SC2=NCCN21.Cl. The number of rotatable bonds is 2. The van der Waals surface area contributed by atoms with E-state index in [9.17, 15) is 4.79 Å². The first kappa shape index (κ1) is 14.0. The minimum Gasteiger partial charge on any atom is -0.322 e.